The lowest BCUT2D eigenvalue weighted by molar-refractivity contribution is -0.139. The number of carbonyl (C=O) groups is 3. The number of H-pyrrole nitrogens is 1. The van der Waals surface area contributed by atoms with Crippen molar-refractivity contribution >= 4 is 40.2 Å². The van der Waals surface area contributed by atoms with Crippen molar-refractivity contribution < 1.29 is 14.4 Å². The summed E-state index contributed by atoms with van der Waals surface area (Å²) in [6.07, 6.45) is 1.87. The summed E-state index contributed by atoms with van der Waals surface area (Å²) >= 11 is 5.91. The lowest BCUT2D eigenvalue weighted by Gasteiger charge is -2.30. The van der Waals surface area contributed by atoms with Crippen molar-refractivity contribution in [2.75, 3.05) is 19.6 Å². The third-order valence-electron chi connectivity index (χ3n) is 4.95. The fourth-order valence-corrected chi connectivity index (χ4v) is 3.63. The second-order valence-corrected chi connectivity index (χ2v) is 7.49. The molecule has 1 atom stereocenters. The van der Waals surface area contributed by atoms with Gasteiger partial charge in [0.1, 0.15) is 16.9 Å². The standard InChI is InChI=1S/C21H20ClN5O3/c22-18-10-14-9-15(25-17(14)11-24-18)20(29)26-16(8-13-4-2-1-3-5-13)21(30)27-7-6-23-19(28)12-27/h1-5,9-11,16,25H,6-8,12H2,(H,23,28)(H,26,29)/t16-/m0/s1. The summed E-state index contributed by atoms with van der Waals surface area (Å²) in [7, 11) is 0. The summed E-state index contributed by atoms with van der Waals surface area (Å²) in [6, 6.07) is 11.9. The Hall–Kier alpha value is -3.39. The van der Waals surface area contributed by atoms with Crippen molar-refractivity contribution in [1.82, 2.24) is 25.5 Å². The van der Waals surface area contributed by atoms with Crippen LogP contribution < -0.4 is 10.6 Å². The van der Waals surface area contributed by atoms with Gasteiger partial charge in [-0.25, -0.2) is 4.98 Å². The molecule has 1 aromatic carbocycles. The summed E-state index contributed by atoms with van der Waals surface area (Å²) in [5, 5.41) is 6.60. The van der Waals surface area contributed by atoms with Gasteiger partial charge >= 0.3 is 0 Å². The van der Waals surface area contributed by atoms with Crippen molar-refractivity contribution in [3.8, 4) is 0 Å². The number of benzene rings is 1. The molecule has 2 aromatic heterocycles. The lowest BCUT2D eigenvalue weighted by Crippen LogP contribution is -2.56. The van der Waals surface area contributed by atoms with Gasteiger partial charge in [0, 0.05) is 24.9 Å². The van der Waals surface area contributed by atoms with Crippen LogP contribution in [0.2, 0.25) is 5.15 Å². The van der Waals surface area contributed by atoms with Crippen molar-refractivity contribution in [2.24, 2.45) is 0 Å². The Balaban J connectivity index is 1.56. The van der Waals surface area contributed by atoms with Gasteiger partial charge < -0.3 is 20.5 Å². The Morgan fingerprint density at radius 3 is 2.80 bits per heavy atom. The zero-order valence-electron chi connectivity index (χ0n) is 16.0. The van der Waals surface area contributed by atoms with E-state index in [1.165, 1.54) is 4.90 Å². The second-order valence-electron chi connectivity index (χ2n) is 7.10. The molecule has 1 aliphatic heterocycles. The molecule has 1 saturated heterocycles. The van der Waals surface area contributed by atoms with Crippen molar-refractivity contribution in [3.05, 3.63) is 65.1 Å². The molecule has 3 aromatic rings. The summed E-state index contributed by atoms with van der Waals surface area (Å²) in [5.74, 6) is -0.916. The Bertz CT molecular complexity index is 1100. The highest BCUT2D eigenvalue weighted by Gasteiger charge is 2.30. The zero-order chi connectivity index (χ0) is 21.1. The minimum Gasteiger partial charge on any atom is -0.353 e. The Morgan fingerprint density at radius 2 is 2.03 bits per heavy atom. The largest absolute Gasteiger partial charge is 0.353 e. The molecular formula is C21H20ClN5O3. The number of piperazine rings is 1. The maximum absolute atomic E-state index is 13.1. The maximum atomic E-state index is 13.1. The molecular weight excluding hydrogens is 406 g/mol. The number of halogens is 1. The Labute approximate surface area is 177 Å². The number of amides is 3. The third-order valence-corrected chi connectivity index (χ3v) is 5.16. The molecule has 0 saturated carbocycles. The first-order valence-corrected chi connectivity index (χ1v) is 9.92. The highest BCUT2D eigenvalue weighted by molar-refractivity contribution is 6.30. The molecule has 3 amide bonds. The number of fused-ring (bicyclic) bond motifs is 1. The van der Waals surface area contributed by atoms with E-state index in [9.17, 15) is 14.4 Å². The molecule has 0 bridgehead atoms. The van der Waals surface area contributed by atoms with Gasteiger partial charge in [0.25, 0.3) is 5.91 Å². The molecule has 0 unspecified atom stereocenters. The van der Waals surface area contributed by atoms with Crippen LogP contribution in [0.5, 0.6) is 0 Å². The zero-order valence-corrected chi connectivity index (χ0v) is 16.8. The minimum absolute atomic E-state index is 0.0173. The van der Waals surface area contributed by atoms with E-state index in [0.29, 0.717) is 35.9 Å². The van der Waals surface area contributed by atoms with Gasteiger partial charge in [0.05, 0.1) is 18.3 Å². The van der Waals surface area contributed by atoms with Crippen LogP contribution in [0, 0.1) is 0 Å². The van der Waals surface area contributed by atoms with Gasteiger partial charge in [0.15, 0.2) is 0 Å². The highest BCUT2D eigenvalue weighted by Crippen LogP contribution is 2.18. The lowest BCUT2D eigenvalue weighted by atomic mass is 10.0. The topological polar surface area (TPSA) is 107 Å². The van der Waals surface area contributed by atoms with Gasteiger partial charge in [0.2, 0.25) is 11.8 Å². The number of aromatic nitrogens is 2. The number of pyridine rings is 1. The number of carbonyl (C=O) groups excluding carboxylic acids is 3. The third kappa shape index (κ3) is 4.44. The summed E-state index contributed by atoms with van der Waals surface area (Å²) in [4.78, 5) is 46.2. The molecule has 154 valence electrons. The molecule has 8 nitrogen and oxygen atoms in total. The quantitative estimate of drug-likeness (QED) is 0.538. The highest BCUT2D eigenvalue weighted by atomic mass is 35.5. The second kappa shape index (κ2) is 8.54. The Morgan fingerprint density at radius 1 is 1.23 bits per heavy atom. The molecule has 3 heterocycles. The van der Waals surface area contributed by atoms with Crippen LogP contribution in [0.15, 0.2) is 48.7 Å². The van der Waals surface area contributed by atoms with E-state index in [1.54, 1.807) is 18.3 Å². The molecule has 1 aliphatic rings. The number of nitrogens with one attached hydrogen (secondary N) is 3. The van der Waals surface area contributed by atoms with Crippen molar-refractivity contribution in [1.29, 1.82) is 0 Å². The molecule has 9 heteroatoms. The number of nitrogens with zero attached hydrogens (tertiary/aromatic N) is 2. The molecule has 0 aliphatic carbocycles. The van der Waals surface area contributed by atoms with E-state index in [0.717, 1.165) is 10.9 Å². The van der Waals surface area contributed by atoms with E-state index < -0.39 is 11.9 Å². The van der Waals surface area contributed by atoms with E-state index in [4.69, 9.17) is 11.6 Å². The smallest absolute Gasteiger partial charge is 0.268 e. The van der Waals surface area contributed by atoms with E-state index >= 15 is 0 Å². The summed E-state index contributed by atoms with van der Waals surface area (Å²) < 4.78 is 0. The van der Waals surface area contributed by atoms with E-state index in [1.807, 2.05) is 30.3 Å². The minimum atomic E-state index is -0.807. The molecule has 4 rings (SSSR count). The number of hydrogen-bond acceptors (Lipinski definition) is 4. The van der Waals surface area contributed by atoms with Gasteiger partial charge in [-0.1, -0.05) is 41.9 Å². The van der Waals surface area contributed by atoms with Crippen LogP contribution in [0.3, 0.4) is 0 Å². The summed E-state index contributed by atoms with van der Waals surface area (Å²) in [5.41, 5.74) is 1.88. The average molecular weight is 426 g/mol. The van der Waals surface area contributed by atoms with Gasteiger partial charge in [-0.15, -0.1) is 0 Å². The number of hydrogen-bond donors (Lipinski definition) is 3. The van der Waals surface area contributed by atoms with Crippen LogP contribution in [0.25, 0.3) is 10.9 Å². The maximum Gasteiger partial charge on any atom is 0.268 e. The first-order valence-electron chi connectivity index (χ1n) is 9.54. The SMILES string of the molecule is O=C1CN(C(=O)[C@H](Cc2ccccc2)NC(=O)c2cc3cc(Cl)ncc3[nH]2)CCN1. The fourth-order valence-electron chi connectivity index (χ4n) is 3.46. The molecule has 0 spiro atoms. The normalized spacial score (nSPS) is 15.0. The van der Waals surface area contributed by atoms with E-state index in [2.05, 4.69) is 20.6 Å². The van der Waals surface area contributed by atoms with Crippen LogP contribution in [-0.2, 0) is 16.0 Å². The fraction of sp³-hybridized carbons (Fsp3) is 0.238. The first-order chi connectivity index (χ1) is 14.5. The number of aromatic amines is 1. The molecule has 1 fully saturated rings. The average Bonchev–Trinajstić information content (AvgIpc) is 3.17. The Kier molecular flexibility index (Phi) is 5.67. The van der Waals surface area contributed by atoms with Crippen molar-refractivity contribution in [2.45, 2.75) is 12.5 Å². The van der Waals surface area contributed by atoms with Crippen LogP contribution in [0.4, 0.5) is 0 Å². The van der Waals surface area contributed by atoms with Crippen LogP contribution in [0.1, 0.15) is 16.1 Å². The van der Waals surface area contributed by atoms with Crippen LogP contribution >= 0.6 is 11.6 Å². The predicted octanol–water partition coefficient (Wildman–Crippen LogP) is 1.52. The first kappa shape index (κ1) is 19.9. The summed E-state index contributed by atoms with van der Waals surface area (Å²) in [6.45, 7) is 0.783. The molecule has 30 heavy (non-hydrogen) atoms. The van der Waals surface area contributed by atoms with Gasteiger partial charge in [-0.05, 0) is 17.7 Å². The number of rotatable bonds is 5. The molecule has 0 radical (unpaired) electrons. The molecule has 3 N–H and O–H groups in total. The monoisotopic (exact) mass is 425 g/mol. The van der Waals surface area contributed by atoms with Gasteiger partial charge in [-0.2, -0.15) is 0 Å². The van der Waals surface area contributed by atoms with Crippen molar-refractivity contribution in [3.63, 3.8) is 0 Å². The van der Waals surface area contributed by atoms with E-state index in [-0.39, 0.29) is 18.4 Å². The van der Waals surface area contributed by atoms with Gasteiger partial charge in [-0.3, -0.25) is 14.4 Å². The predicted molar refractivity (Wildman–Crippen MR) is 112 cm³/mol. The van der Waals surface area contributed by atoms with Crippen LogP contribution in [-0.4, -0.2) is 58.3 Å².